The van der Waals surface area contributed by atoms with Gasteiger partial charge >= 0.3 is 5.97 Å². The second-order valence-corrected chi connectivity index (χ2v) is 8.82. The first kappa shape index (κ1) is 22.9. The van der Waals surface area contributed by atoms with Gasteiger partial charge in [-0.3, -0.25) is 4.99 Å². The highest BCUT2D eigenvalue weighted by molar-refractivity contribution is 6.02. The van der Waals surface area contributed by atoms with Crippen LogP contribution in [0.1, 0.15) is 52.0 Å². The van der Waals surface area contributed by atoms with Crippen molar-refractivity contribution in [3.05, 3.63) is 42.0 Å². The molecule has 0 aliphatic heterocycles. The van der Waals surface area contributed by atoms with E-state index < -0.39 is 5.60 Å². The smallest absolute Gasteiger partial charge is 0.332 e. The third-order valence-corrected chi connectivity index (χ3v) is 5.07. The lowest BCUT2D eigenvalue weighted by Gasteiger charge is -2.27. The summed E-state index contributed by atoms with van der Waals surface area (Å²) in [6.45, 7) is 5.49. The van der Waals surface area contributed by atoms with E-state index in [0.717, 1.165) is 42.6 Å². The minimum Gasteiger partial charge on any atom is -0.458 e. The van der Waals surface area contributed by atoms with E-state index in [9.17, 15) is 4.79 Å². The van der Waals surface area contributed by atoms with Gasteiger partial charge in [-0.15, -0.1) is 0 Å². The predicted octanol–water partition coefficient (Wildman–Crippen LogP) is 4.36. The number of benzene rings is 1. The number of nitrogens with zero attached hydrogens (tertiary/aromatic N) is 1. The molecule has 0 unspecified atom stereocenters. The lowest BCUT2D eigenvalue weighted by molar-refractivity contribution is -0.162. The molecule has 0 amide bonds. The lowest BCUT2D eigenvalue weighted by Crippen LogP contribution is -2.31. The van der Waals surface area contributed by atoms with Gasteiger partial charge in [-0.1, -0.05) is 30.3 Å². The molecular weight excluding hydrogens is 394 g/mol. The van der Waals surface area contributed by atoms with Crippen LogP contribution in [-0.2, 0) is 14.3 Å². The van der Waals surface area contributed by atoms with Crippen molar-refractivity contribution >= 4 is 17.7 Å². The van der Waals surface area contributed by atoms with Gasteiger partial charge in [0.25, 0.3) is 0 Å². The van der Waals surface area contributed by atoms with Crippen LogP contribution in [0, 0.1) is 0 Å². The van der Waals surface area contributed by atoms with Crippen LogP contribution in [0.15, 0.2) is 45.8 Å². The molecule has 0 saturated heterocycles. The Bertz CT molecular complexity index is 899. The number of rotatable bonds is 7. The van der Waals surface area contributed by atoms with E-state index in [0.29, 0.717) is 11.7 Å². The summed E-state index contributed by atoms with van der Waals surface area (Å²) in [5, 5.41) is 3.06. The van der Waals surface area contributed by atoms with Crippen molar-refractivity contribution in [2.45, 2.75) is 64.2 Å². The monoisotopic (exact) mass is 427 g/mol. The quantitative estimate of drug-likeness (QED) is 0.387. The van der Waals surface area contributed by atoms with Crippen molar-refractivity contribution in [2.75, 3.05) is 19.0 Å². The van der Waals surface area contributed by atoms with E-state index in [2.05, 4.69) is 5.32 Å². The second-order valence-electron chi connectivity index (χ2n) is 8.82. The average Bonchev–Trinajstić information content (AvgIpc) is 3.17. The number of anilines is 1. The van der Waals surface area contributed by atoms with Gasteiger partial charge in [0, 0.05) is 12.6 Å². The Kier molecular flexibility index (Phi) is 7.38. The average molecular weight is 428 g/mol. The number of esters is 1. The number of carbonyl (C=O) groups excluding carboxylic acids is 1. The van der Waals surface area contributed by atoms with Crippen molar-refractivity contribution in [1.29, 1.82) is 0 Å². The lowest BCUT2D eigenvalue weighted by atomic mass is 9.93. The molecule has 0 radical (unpaired) electrons. The standard InChI is InChI=1S/C24H33N3O4/c1-24(2,3)31-21(28)15-29-18-12-8-11-17(13-18)27-22(25)19-14-20(30-23(19)26-4)16-9-6-5-7-10-16/h5-7,9-10,14,17-18,26H,8,11-13,15H2,1-4H3,(H2,25,27)/t17-,18-/m0/s1. The zero-order chi connectivity index (χ0) is 22.4. The minimum atomic E-state index is -0.511. The normalized spacial score (nSPS) is 19.8. The zero-order valence-electron chi connectivity index (χ0n) is 18.8. The Morgan fingerprint density at radius 1 is 1.26 bits per heavy atom. The molecule has 31 heavy (non-hydrogen) atoms. The summed E-state index contributed by atoms with van der Waals surface area (Å²) in [4.78, 5) is 16.7. The maximum Gasteiger partial charge on any atom is 0.332 e. The summed E-state index contributed by atoms with van der Waals surface area (Å²) in [6, 6.07) is 11.8. The number of nitrogens with one attached hydrogen (secondary N) is 1. The van der Waals surface area contributed by atoms with Crippen molar-refractivity contribution in [1.82, 2.24) is 0 Å². The summed E-state index contributed by atoms with van der Waals surface area (Å²) in [7, 11) is 1.80. The number of hydrogen-bond donors (Lipinski definition) is 2. The third kappa shape index (κ3) is 6.59. The van der Waals surface area contributed by atoms with Gasteiger partial charge in [0.05, 0.1) is 17.7 Å². The number of amidine groups is 1. The van der Waals surface area contributed by atoms with Crippen molar-refractivity contribution in [2.24, 2.45) is 10.7 Å². The molecule has 1 saturated carbocycles. The van der Waals surface area contributed by atoms with Crippen LogP contribution >= 0.6 is 0 Å². The van der Waals surface area contributed by atoms with Gasteiger partial charge in [-0.2, -0.15) is 0 Å². The van der Waals surface area contributed by atoms with Crippen LogP contribution in [0.3, 0.4) is 0 Å². The topological polar surface area (TPSA) is 99.1 Å². The van der Waals surface area contributed by atoms with Crippen LogP contribution in [0.2, 0.25) is 0 Å². The van der Waals surface area contributed by atoms with Gasteiger partial charge < -0.3 is 24.9 Å². The van der Waals surface area contributed by atoms with Crippen LogP contribution < -0.4 is 11.1 Å². The van der Waals surface area contributed by atoms with E-state index in [1.54, 1.807) is 7.05 Å². The Morgan fingerprint density at radius 2 is 2.00 bits per heavy atom. The van der Waals surface area contributed by atoms with Gasteiger partial charge in [0.1, 0.15) is 23.8 Å². The second kappa shape index (κ2) is 10.0. The highest BCUT2D eigenvalue weighted by Gasteiger charge is 2.25. The van der Waals surface area contributed by atoms with Gasteiger partial charge in [0.2, 0.25) is 5.88 Å². The summed E-state index contributed by atoms with van der Waals surface area (Å²) in [5.74, 6) is 1.42. The molecule has 7 heteroatoms. The Balaban J connectivity index is 1.64. The fourth-order valence-electron chi connectivity index (χ4n) is 3.72. The number of hydrogen-bond acceptors (Lipinski definition) is 6. The van der Waals surface area contributed by atoms with Gasteiger partial charge in [0.15, 0.2) is 0 Å². The Morgan fingerprint density at radius 3 is 2.68 bits per heavy atom. The zero-order valence-corrected chi connectivity index (χ0v) is 18.8. The molecule has 1 aromatic carbocycles. The summed E-state index contributed by atoms with van der Waals surface area (Å²) in [5.41, 5.74) is 7.58. The molecule has 1 fully saturated rings. The van der Waals surface area contributed by atoms with Crippen molar-refractivity contribution in [3.8, 4) is 11.3 Å². The molecule has 0 bridgehead atoms. The number of nitrogens with two attached hydrogens (primary N) is 1. The maximum atomic E-state index is 11.9. The van der Waals surface area contributed by atoms with Gasteiger partial charge in [-0.25, -0.2) is 4.79 Å². The Labute approximate surface area is 184 Å². The molecule has 1 aliphatic rings. The first-order chi connectivity index (χ1) is 14.7. The number of furan rings is 1. The van der Waals surface area contributed by atoms with Crippen LogP contribution in [-0.4, -0.2) is 43.2 Å². The minimum absolute atomic E-state index is 0.0316. The molecule has 7 nitrogen and oxygen atoms in total. The highest BCUT2D eigenvalue weighted by atomic mass is 16.6. The van der Waals surface area contributed by atoms with Crippen molar-refractivity contribution in [3.63, 3.8) is 0 Å². The number of carbonyl (C=O) groups is 1. The summed E-state index contributed by atoms with van der Waals surface area (Å²) < 4.78 is 17.1. The molecule has 1 heterocycles. The first-order valence-corrected chi connectivity index (χ1v) is 10.8. The van der Waals surface area contributed by atoms with Crippen LogP contribution in [0.4, 0.5) is 5.88 Å². The fourth-order valence-corrected chi connectivity index (χ4v) is 3.72. The maximum absolute atomic E-state index is 11.9. The van der Waals surface area contributed by atoms with Gasteiger partial charge in [-0.05, 0) is 52.5 Å². The third-order valence-electron chi connectivity index (χ3n) is 5.07. The molecule has 2 aromatic rings. The highest BCUT2D eigenvalue weighted by Crippen LogP contribution is 2.30. The largest absolute Gasteiger partial charge is 0.458 e. The molecule has 1 aromatic heterocycles. The summed E-state index contributed by atoms with van der Waals surface area (Å²) >= 11 is 0. The molecule has 0 spiro atoms. The van der Waals surface area contributed by atoms with E-state index in [-0.39, 0.29) is 24.7 Å². The van der Waals surface area contributed by atoms with E-state index in [1.165, 1.54) is 0 Å². The van der Waals surface area contributed by atoms with E-state index in [1.807, 2.05) is 57.2 Å². The molecule has 3 N–H and O–H groups in total. The summed E-state index contributed by atoms with van der Waals surface area (Å²) in [6.07, 6.45) is 3.50. The molecule has 3 rings (SSSR count). The number of ether oxygens (including phenoxy) is 2. The molecule has 2 atom stereocenters. The first-order valence-electron chi connectivity index (χ1n) is 10.8. The van der Waals surface area contributed by atoms with Crippen LogP contribution in [0.25, 0.3) is 11.3 Å². The van der Waals surface area contributed by atoms with Crippen LogP contribution in [0.5, 0.6) is 0 Å². The number of aliphatic imine (C=N–C) groups is 1. The fraction of sp³-hybridized carbons (Fsp3) is 0.500. The molecular formula is C24H33N3O4. The Hall–Kier alpha value is -2.80. The SMILES string of the molecule is CNc1oc(-c2ccccc2)cc1C(N)=N[C@H]1CCC[C@H](OCC(=O)OC(C)(C)C)C1. The van der Waals surface area contributed by atoms with Crippen molar-refractivity contribution < 1.29 is 18.7 Å². The van der Waals surface area contributed by atoms with E-state index >= 15 is 0 Å². The van der Waals surface area contributed by atoms with E-state index in [4.69, 9.17) is 24.6 Å². The molecule has 1 aliphatic carbocycles. The molecule has 168 valence electrons. The predicted molar refractivity (Wildman–Crippen MR) is 122 cm³/mol.